The number of fused-ring (bicyclic) bond motifs is 2. The van der Waals surface area contributed by atoms with Gasteiger partial charge in [-0.2, -0.15) is 0 Å². The molecule has 2 aromatic carbocycles. The van der Waals surface area contributed by atoms with Crippen molar-refractivity contribution in [1.82, 2.24) is 10.2 Å². The second-order valence-electron chi connectivity index (χ2n) is 8.12. The van der Waals surface area contributed by atoms with Gasteiger partial charge in [-0.05, 0) is 75.9 Å². The number of amides is 2. The van der Waals surface area contributed by atoms with Crippen LogP contribution < -0.4 is 5.32 Å². The van der Waals surface area contributed by atoms with Crippen molar-refractivity contribution in [3.05, 3.63) is 70.5 Å². The van der Waals surface area contributed by atoms with E-state index in [2.05, 4.69) is 11.4 Å². The summed E-state index contributed by atoms with van der Waals surface area (Å²) < 4.78 is 13.1. The quantitative estimate of drug-likeness (QED) is 0.875. The molecule has 0 aliphatic carbocycles. The van der Waals surface area contributed by atoms with E-state index in [9.17, 15) is 14.0 Å². The average molecular weight is 380 g/mol. The second kappa shape index (κ2) is 7.38. The fraction of sp³-hybridized carbons (Fsp3) is 0.391. The van der Waals surface area contributed by atoms with E-state index in [0.717, 1.165) is 42.4 Å². The van der Waals surface area contributed by atoms with E-state index < -0.39 is 0 Å². The number of aryl methyl sites for hydroxylation is 2. The standard InChI is InChI=1S/C23H25FN2O2/c1-14-9-15(2)11-17(10-14)23(28)26-20-7-8-21(26)13-19(12-20)25-22(27)16-3-5-18(24)6-4-16/h3-6,9-11,19-21H,7-8,12-13H2,1-2H3,(H,25,27). The van der Waals surface area contributed by atoms with Gasteiger partial charge in [0.25, 0.3) is 11.8 Å². The van der Waals surface area contributed by atoms with Gasteiger partial charge in [-0.1, -0.05) is 17.2 Å². The van der Waals surface area contributed by atoms with Crippen molar-refractivity contribution in [1.29, 1.82) is 0 Å². The second-order valence-corrected chi connectivity index (χ2v) is 8.12. The molecule has 1 N–H and O–H groups in total. The number of nitrogens with one attached hydrogen (secondary N) is 1. The molecule has 2 heterocycles. The summed E-state index contributed by atoms with van der Waals surface area (Å²) in [4.78, 5) is 27.6. The van der Waals surface area contributed by atoms with Crippen LogP contribution in [-0.2, 0) is 0 Å². The molecule has 2 fully saturated rings. The van der Waals surface area contributed by atoms with Crippen molar-refractivity contribution in [2.75, 3.05) is 0 Å². The van der Waals surface area contributed by atoms with Crippen LogP contribution in [0.1, 0.15) is 57.5 Å². The lowest BCUT2D eigenvalue weighted by atomic mass is 9.95. The smallest absolute Gasteiger partial charge is 0.254 e. The Bertz CT molecular complexity index is 875. The average Bonchev–Trinajstić information content (AvgIpc) is 2.91. The van der Waals surface area contributed by atoms with E-state index in [-0.39, 0.29) is 35.8 Å². The lowest BCUT2D eigenvalue weighted by Crippen LogP contribution is -2.52. The number of carbonyl (C=O) groups excluding carboxylic acids is 2. The molecule has 2 aromatic rings. The Kier molecular flexibility index (Phi) is 4.92. The molecule has 4 nitrogen and oxygen atoms in total. The number of nitrogens with zero attached hydrogens (tertiary/aromatic N) is 1. The van der Waals surface area contributed by atoms with Crippen molar-refractivity contribution in [3.63, 3.8) is 0 Å². The predicted octanol–water partition coefficient (Wildman–Crippen LogP) is 4.01. The summed E-state index contributed by atoms with van der Waals surface area (Å²) in [5.41, 5.74) is 3.40. The van der Waals surface area contributed by atoms with E-state index in [1.165, 1.54) is 24.3 Å². The molecule has 2 aliphatic rings. The molecular weight excluding hydrogens is 355 g/mol. The Morgan fingerprint density at radius 2 is 1.50 bits per heavy atom. The number of hydrogen-bond acceptors (Lipinski definition) is 2. The van der Waals surface area contributed by atoms with Crippen LogP contribution in [0.15, 0.2) is 42.5 Å². The highest BCUT2D eigenvalue weighted by molar-refractivity contribution is 5.96. The molecule has 4 rings (SSSR count). The van der Waals surface area contributed by atoms with Crippen LogP contribution in [0.25, 0.3) is 0 Å². The SMILES string of the molecule is Cc1cc(C)cc(C(=O)N2C3CCC2CC(NC(=O)c2ccc(F)cc2)C3)c1. The maximum atomic E-state index is 13.2. The summed E-state index contributed by atoms with van der Waals surface area (Å²) in [6, 6.07) is 11.9. The van der Waals surface area contributed by atoms with Crippen molar-refractivity contribution in [2.45, 2.75) is 57.7 Å². The van der Waals surface area contributed by atoms with Crippen LogP contribution in [-0.4, -0.2) is 34.8 Å². The molecule has 28 heavy (non-hydrogen) atoms. The van der Waals surface area contributed by atoms with E-state index in [4.69, 9.17) is 0 Å². The third-order valence-corrected chi connectivity index (χ3v) is 5.88. The Hall–Kier alpha value is -2.69. The minimum atomic E-state index is -0.354. The molecule has 0 aromatic heterocycles. The number of piperidine rings is 1. The number of hydrogen-bond donors (Lipinski definition) is 1. The molecule has 0 saturated carbocycles. The van der Waals surface area contributed by atoms with Crippen molar-refractivity contribution in [2.24, 2.45) is 0 Å². The van der Waals surface area contributed by atoms with Gasteiger partial charge in [0.05, 0.1) is 0 Å². The molecule has 5 heteroatoms. The lowest BCUT2D eigenvalue weighted by Gasteiger charge is -2.39. The summed E-state index contributed by atoms with van der Waals surface area (Å²) in [6.45, 7) is 4.02. The predicted molar refractivity (Wildman–Crippen MR) is 106 cm³/mol. The summed E-state index contributed by atoms with van der Waals surface area (Å²) >= 11 is 0. The van der Waals surface area contributed by atoms with Gasteiger partial charge in [-0.15, -0.1) is 0 Å². The van der Waals surface area contributed by atoms with Gasteiger partial charge in [0.15, 0.2) is 0 Å². The first kappa shape index (κ1) is 18.7. The summed E-state index contributed by atoms with van der Waals surface area (Å²) in [5, 5.41) is 3.07. The monoisotopic (exact) mass is 380 g/mol. The molecule has 2 unspecified atom stereocenters. The van der Waals surface area contributed by atoms with E-state index in [1.54, 1.807) is 0 Å². The molecule has 2 atom stereocenters. The fourth-order valence-electron chi connectivity index (χ4n) is 4.74. The van der Waals surface area contributed by atoms with Gasteiger partial charge in [0, 0.05) is 29.3 Å². The normalized spacial score (nSPS) is 23.5. The minimum Gasteiger partial charge on any atom is -0.349 e. The third kappa shape index (κ3) is 3.66. The first-order valence-corrected chi connectivity index (χ1v) is 9.88. The zero-order chi connectivity index (χ0) is 19.8. The molecule has 2 amide bonds. The maximum absolute atomic E-state index is 13.2. The van der Waals surface area contributed by atoms with E-state index in [0.29, 0.717) is 5.56 Å². The zero-order valence-electron chi connectivity index (χ0n) is 16.2. The molecule has 0 radical (unpaired) electrons. The fourth-order valence-corrected chi connectivity index (χ4v) is 4.74. The summed E-state index contributed by atoms with van der Waals surface area (Å²) in [6.07, 6.45) is 3.48. The first-order chi connectivity index (χ1) is 13.4. The van der Waals surface area contributed by atoms with Gasteiger partial charge < -0.3 is 10.2 Å². The third-order valence-electron chi connectivity index (χ3n) is 5.88. The van der Waals surface area contributed by atoms with E-state index >= 15 is 0 Å². The van der Waals surface area contributed by atoms with Crippen LogP contribution in [0.3, 0.4) is 0 Å². The molecule has 2 saturated heterocycles. The highest BCUT2D eigenvalue weighted by Gasteiger charge is 2.43. The number of rotatable bonds is 3. The van der Waals surface area contributed by atoms with Gasteiger partial charge in [-0.3, -0.25) is 9.59 Å². The minimum absolute atomic E-state index is 0.0401. The molecule has 0 spiro atoms. The van der Waals surface area contributed by atoms with E-state index in [1.807, 2.05) is 30.9 Å². The Balaban J connectivity index is 1.45. The number of benzene rings is 2. The highest BCUT2D eigenvalue weighted by atomic mass is 19.1. The Morgan fingerprint density at radius 3 is 2.07 bits per heavy atom. The summed E-state index contributed by atoms with van der Waals surface area (Å²) in [5.74, 6) is -0.436. The van der Waals surface area contributed by atoms with Crippen molar-refractivity contribution in [3.8, 4) is 0 Å². The van der Waals surface area contributed by atoms with Crippen LogP contribution >= 0.6 is 0 Å². The zero-order valence-corrected chi connectivity index (χ0v) is 16.2. The van der Waals surface area contributed by atoms with Gasteiger partial charge >= 0.3 is 0 Å². The van der Waals surface area contributed by atoms with Crippen LogP contribution in [0.2, 0.25) is 0 Å². The largest absolute Gasteiger partial charge is 0.349 e. The molecule has 2 bridgehead atoms. The number of carbonyl (C=O) groups is 2. The topological polar surface area (TPSA) is 49.4 Å². The van der Waals surface area contributed by atoms with Crippen LogP contribution in [0.4, 0.5) is 4.39 Å². The van der Waals surface area contributed by atoms with Crippen LogP contribution in [0.5, 0.6) is 0 Å². The van der Waals surface area contributed by atoms with Gasteiger partial charge in [-0.25, -0.2) is 4.39 Å². The Morgan fingerprint density at radius 1 is 0.929 bits per heavy atom. The maximum Gasteiger partial charge on any atom is 0.254 e. The van der Waals surface area contributed by atoms with Crippen LogP contribution in [0, 0.1) is 19.7 Å². The van der Waals surface area contributed by atoms with Crippen molar-refractivity contribution < 1.29 is 14.0 Å². The van der Waals surface area contributed by atoms with Gasteiger partial charge in [0.2, 0.25) is 0 Å². The van der Waals surface area contributed by atoms with Gasteiger partial charge in [0.1, 0.15) is 5.82 Å². The lowest BCUT2D eigenvalue weighted by molar-refractivity contribution is 0.0549. The first-order valence-electron chi connectivity index (χ1n) is 9.88. The van der Waals surface area contributed by atoms with Crippen molar-refractivity contribution >= 4 is 11.8 Å². The molecule has 146 valence electrons. The Labute approximate surface area is 164 Å². The molecule has 2 aliphatic heterocycles. The molecular formula is C23H25FN2O2. The highest BCUT2D eigenvalue weighted by Crippen LogP contribution is 2.37. The number of halogens is 1. The summed E-state index contributed by atoms with van der Waals surface area (Å²) in [7, 11) is 0.